The van der Waals surface area contributed by atoms with E-state index in [4.69, 9.17) is 4.74 Å². The Bertz CT molecular complexity index is 1030. The van der Waals surface area contributed by atoms with Gasteiger partial charge in [0, 0.05) is 18.0 Å². The number of carbonyl (C=O) groups is 1. The second-order valence-corrected chi connectivity index (χ2v) is 7.41. The lowest BCUT2D eigenvalue weighted by Gasteiger charge is -2.28. The minimum atomic E-state index is -0.528. The average molecular weight is 397 g/mol. The van der Waals surface area contributed by atoms with Crippen LogP contribution in [0.5, 0.6) is 5.75 Å². The lowest BCUT2D eigenvalue weighted by atomic mass is 9.92. The third-order valence-electron chi connectivity index (χ3n) is 5.53. The molecule has 6 nitrogen and oxygen atoms in total. The van der Waals surface area contributed by atoms with E-state index in [9.17, 15) is 14.3 Å². The minimum absolute atomic E-state index is 0.182. The van der Waals surface area contributed by atoms with Crippen LogP contribution in [-0.4, -0.2) is 39.8 Å². The predicted molar refractivity (Wildman–Crippen MR) is 108 cm³/mol. The lowest BCUT2D eigenvalue weighted by Crippen LogP contribution is -2.45. The molecule has 1 amide bonds. The van der Waals surface area contributed by atoms with Crippen LogP contribution in [0.15, 0.2) is 42.7 Å². The second kappa shape index (κ2) is 8.21. The van der Waals surface area contributed by atoms with E-state index in [1.54, 1.807) is 36.7 Å². The summed E-state index contributed by atoms with van der Waals surface area (Å²) in [5.74, 6) is -0.511. The van der Waals surface area contributed by atoms with Gasteiger partial charge in [-0.15, -0.1) is 0 Å². The SMILES string of the molecule is COc1cccc(Cn2cc(C(=O)N[C@H]3CCCC[C@@H]3O)c3ncccc32)c1F. The second-order valence-electron chi connectivity index (χ2n) is 7.41. The van der Waals surface area contributed by atoms with E-state index < -0.39 is 11.9 Å². The van der Waals surface area contributed by atoms with Crippen molar-refractivity contribution >= 4 is 16.9 Å². The number of fused-ring (bicyclic) bond motifs is 1. The summed E-state index contributed by atoms with van der Waals surface area (Å²) in [4.78, 5) is 17.3. The van der Waals surface area contributed by atoms with Crippen LogP contribution in [0.4, 0.5) is 4.39 Å². The maximum Gasteiger partial charge on any atom is 0.255 e. The fourth-order valence-electron chi connectivity index (χ4n) is 3.96. The van der Waals surface area contributed by atoms with Gasteiger partial charge in [0.2, 0.25) is 0 Å². The molecule has 152 valence electrons. The molecular formula is C22H24FN3O3. The van der Waals surface area contributed by atoms with E-state index in [-0.39, 0.29) is 24.2 Å². The largest absolute Gasteiger partial charge is 0.494 e. The van der Waals surface area contributed by atoms with Crippen molar-refractivity contribution in [1.82, 2.24) is 14.9 Å². The van der Waals surface area contributed by atoms with E-state index in [0.717, 1.165) is 24.8 Å². The van der Waals surface area contributed by atoms with Gasteiger partial charge in [-0.1, -0.05) is 25.0 Å². The van der Waals surface area contributed by atoms with Crippen LogP contribution < -0.4 is 10.1 Å². The lowest BCUT2D eigenvalue weighted by molar-refractivity contribution is 0.0718. The third-order valence-corrected chi connectivity index (χ3v) is 5.53. The topological polar surface area (TPSA) is 76.4 Å². The number of hydrogen-bond donors (Lipinski definition) is 2. The van der Waals surface area contributed by atoms with Gasteiger partial charge in [0.05, 0.1) is 36.9 Å². The van der Waals surface area contributed by atoms with Crippen molar-refractivity contribution in [3.05, 3.63) is 59.7 Å². The van der Waals surface area contributed by atoms with E-state index in [1.165, 1.54) is 7.11 Å². The van der Waals surface area contributed by atoms with Gasteiger partial charge >= 0.3 is 0 Å². The number of halogens is 1. The third kappa shape index (κ3) is 3.82. The van der Waals surface area contributed by atoms with Gasteiger partial charge in [0.1, 0.15) is 5.52 Å². The number of nitrogens with zero attached hydrogens (tertiary/aromatic N) is 2. The Morgan fingerprint density at radius 3 is 2.93 bits per heavy atom. The molecule has 29 heavy (non-hydrogen) atoms. The summed E-state index contributed by atoms with van der Waals surface area (Å²) in [7, 11) is 1.43. The first kappa shape index (κ1) is 19.4. The van der Waals surface area contributed by atoms with Gasteiger partial charge in [-0.25, -0.2) is 4.39 Å². The molecule has 7 heteroatoms. The van der Waals surface area contributed by atoms with Crippen LogP contribution in [0.25, 0.3) is 11.0 Å². The Morgan fingerprint density at radius 1 is 1.31 bits per heavy atom. The first-order valence-corrected chi connectivity index (χ1v) is 9.82. The molecule has 0 bridgehead atoms. The van der Waals surface area contributed by atoms with Crippen LogP contribution >= 0.6 is 0 Å². The van der Waals surface area contributed by atoms with E-state index in [2.05, 4.69) is 10.3 Å². The molecule has 0 unspecified atom stereocenters. The molecule has 2 N–H and O–H groups in total. The summed E-state index contributed by atoms with van der Waals surface area (Å²) in [6.07, 6.45) is 6.21. The number of aromatic nitrogens is 2. The summed E-state index contributed by atoms with van der Waals surface area (Å²) >= 11 is 0. The van der Waals surface area contributed by atoms with Crippen LogP contribution in [0.2, 0.25) is 0 Å². The molecule has 2 aromatic heterocycles. The van der Waals surface area contributed by atoms with Crippen molar-refractivity contribution in [2.24, 2.45) is 0 Å². The summed E-state index contributed by atoms with van der Waals surface area (Å²) in [6.45, 7) is 0.241. The highest BCUT2D eigenvalue weighted by molar-refractivity contribution is 6.05. The molecule has 4 rings (SSSR count). The molecule has 0 aliphatic heterocycles. The number of ether oxygens (including phenoxy) is 1. The highest BCUT2D eigenvalue weighted by Gasteiger charge is 2.26. The van der Waals surface area contributed by atoms with Gasteiger partial charge < -0.3 is 19.7 Å². The molecule has 1 aliphatic carbocycles. The Kier molecular flexibility index (Phi) is 5.49. The predicted octanol–water partition coefficient (Wildman–Crippen LogP) is 3.27. The van der Waals surface area contributed by atoms with Crippen LogP contribution in [-0.2, 0) is 6.54 Å². The number of carbonyl (C=O) groups excluding carboxylic acids is 1. The van der Waals surface area contributed by atoms with Gasteiger partial charge in [-0.3, -0.25) is 9.78 Å². The van der Waals surface area contributed by atoms with Crippen molar-refractivity contribution in [3.63, 3.8) is 0 Å². The smallest absolute Gasteiger partial charge is 0.255 e. The van der Waals surface area contributed by atoms with Crippen molar-refractivity contribution in [2.45, 2.75) is 44.4 Å². The molecule has 0 spiro atoms. The van der Waals surface area contributed by atoms with Gasteiger partial charge in [0.15, 0.2) is 11.6 Å². The minimum Gasteiger partial charge on any atom is -0.494 e. The first-order valence-electron chi connectivity index (χ1n) is 9.82. The highest BCUT2D eigenvalue weighted by atomic mass is 19.1. The number of rotatable bonds is 5. The zero-order valence-corrected chi connectivity index (χ0v) is 16.3. The Hall–Kier alpha value is -2.93. The molecule has 3 aromatic rings. The number of nitrogens with one attached hydrogen (secondary N) is 1. The van der Waals surface area contributed by atoms with Crippen LogP contribution in [0, 0.1) is 5.82 Å². The molecule has 2 atom stereocenters. The fraction of sp³-hybridized carbons (Fsp3) is 0.364. The number of aliphatic hydroxyl groups excluding tert-OH is 1. The van der Waals surface area contributed by atoms with Gasteiger partial charge in [-0.05, 0) is 31.0 Å². The van der Waals surface area contributed by atoms with E-state index in [0.29, 0.717) is 23.1 Å². The van der Waals surface area contributed by atoms with E-state index >= 15 is 0 Å². The molecule has 0 saturated heterocycles. The first-order chi connectivity index (χ1) is 14.1. The number of hydrogen-bond acceptors (Lipinski definition) is 4. The molecule has 0 radical (unpaired) electrons. The van der Waals surface area contributed by atoms with Gasteiger partial charge in [-0.2, -0.15) is 0 Å². The van der Waals surface area contributed by atoms with Crippen LogP contribution in [0.3, 0.4) is 0 Å². The Balaban J connectivity index is 1.66. The normalized spacial score (nSPS) is 19.3. The van der Waals surface area contributed by atoms with Crippen molar-refractivity contribution in [1.29, 1.82) is 0 Å². The summed E-state index contributed by atoms with van der Waals surface area (Å²) in [5.41, 5.74) is 2.17. The molecule has 1 aliphatic rings. The summed E-state index contributed by atoms with van der Waals surface area (Å²) in [6, 6.07) is 8.38. The zero-order chi connectivity index (χ0) is 20.4. The Labute approximate surface area is 168 Å². The number of methoxy groups -OCH3 is 1. The van der Waals surface area contributed by atoms with Crippen LogP contribution in [0.1, 0.15) is 41.6 Å². The van der Waals surface area contributed by atoms with Crippen molar-refractivity contribution in [3.8, 4) is 5.75 Å². The van der Waals surface area contributed by atoms with E-state index in [1.807, 2.05) is 10.6 Å². The summed E-state index contributed by atoms with van der Waals surface area (Å²) < 4.78 is 21.5. The maximum absolute atomic E-state index is 14.6. The van der Waals surface area contributed by atoms with Crippen molar-refractivity contribution in [2.75, 3.05) is 7.11 Å². The quantitative estimate of drug-likeness (QED) is 0.693. The fourth-order valence-corrected chi connectivity index (χ4v) is 3.96. The number of pyridine rings is 1. The molecule has 1 aromatic carbocycles. The highest BCUT2D eigenvalue weighted by Crippen LogP contribution is 2.25. The number of benzene rings is 1. The molecule has 1 saturated carbocycles. The van der Waals surface area contributed by atoms with Crippen molar-refractivity contribution < 1.29 is 19.0 Å². The summed E-state index contributed by atoms with van der Waals surface area (Å²) in [5, 5.41) is 13.1. The molecule has 2 heterocycles. The average Bonchev–Trinajstić information content (AvgIpc) is 3.10. The zero-order valence-electron chi connectivity index (χ0n) is 16.3. The van der Waals surface area contributed by atoms with Gasteiger partial charge in [0.25, 0.3) is 5.91 Å². The molecular weight excluding hydrogens is 373 g/mol. The maximum atomic E-state index is 14.6. The number of aliphatic hydroxyl groups is 1. The number of amides is 1. The standard InChI is InChI=1S/C22H24FN3O3/c1-29-19-10-4-6-14(20(19)23)12-26-13-15(21-17(26)8-5-11-24-21)22(28)25-16-7-2-3-9-18(16)27/h4-6,8,10-11,13,16,18,27H,2-3,7,9,12H2,1H3,(H,25,28)/t16-,18-/m0/s1. The Morgan fingerprint density at radius 2 is 2.14 bits per heavy atom. The monoisotopic (exact) mass is 397 g/mol. The molecule has 1 fully saturated rings.